The Bertz CT molecular complexity index is 253. The van der Waals surface area contributed by atoms with E-state index in [2.05, 4.69) is 6.92 Å². The summed E-state index contributed by atoms with van der Waals surface area (Å²) < 4.78 is 5.00. The van der Waals surface area contributed by atoms with E-state index in [1.807, 2.05) is 11.9 Å². The molecule has 0 aromatic heterocycles. The second-order valence-corrected chi connectivity index (χ2v) is 5.01. The maximum atomic E-state index is 11.4. The lowest BCUT2D eigenvalue weighted by atomic mass is 9.94. The van der Waals surface area contributed by atoms with Crippen molar-refractivity contribution in [3.63, 3.8) is 0 Å². The van der Waals surface area contributed by atoms with Crippen LogP contribution in [0.2, 0.25) is 0 Å². The van der Waals surface area contributed by atoms with Crippen LogP contribution in [0.25, 0.3) is 0 Å². The summed E-state index contributed by atoms with van der Waals surface area (Å²) in [6.07, 6.45) is 2.98. The largest absolute Gasteiger partial charge is 0.480 e. The molecule has 0 radical (unpaired) electrons. The van der Waals surface area contributed by atoms with Gasteiger partial charge in [0, 0.05) is 19.8 Å². The van der Waals surface area contributed by atoms with E-state index in [9.17, 15) is 9.90 Å². The van der Waals surface area contributed by atoms with Crippen molar-refractivity contribution < 1.29 is 14.6 Å². The van der Waals surface area contributed by atoms with Crippen molar-refractivity contribution in [2.24, 2.45) is 5.92 Å². The van der Waals surface area contributed by atoms with Gasteiger partial charge in [-0.2, -0.15) is 0 Å². The third-order valence-electron chi connectivity index (χ3n) is 3.95. The minimum Gasteiger partial charge on any atom is -0.480 e. The van der Waals surface area contributed by atoms with Crippen LogP contribution < -0.4 is 0 Å². The SMILES string of the molecule is COCCC(C)(C(=O)O)N(C)C(C)C1CC1. The number of hydrogen-bond acceptors (Lipinski definition) is 3. The highest BCUT2D eigenvalue weighted by Gasteiger charge is 2.43. The van der Waals surface area contributed by atoms with Gasteiger partial charge >= 0.3 is 5.97 Å². The van der Waals surface area contributed by atoms with Gasteiger partial charge in [0.25, 0.3) is 0 Å². The van der Waals surface area contributed by atoms with E-state index in [4.69, 9.17) is 4.74 Å². The summed E-state index contributed by atoms with van der Waals surface area (Å²) in [6.45, 7) is 4.38. The Morgan fingerprint density at radius 1 is 1.62 bits per heavy atom. The summed E-state index contributed by atoms with van der Waals surface area (Å²) in [5.41, 5.74) is -0.821. The summed E-state index contributed by atoms with van der Waals surface area (Å²) >= 11 is 0. The molecular weight excluding hydrogens is 206 g/mol. The van der Waals surface area contributed by atoms with Crippen LogP contribution in [-0.4, -0.2) is 48.3 Å². The highest BCUT2D eigenvalue weighted by Crippen LogP contribution is 2.37. The molecule has 1 aliphatic carbocycles. The summed E-state index contributed by atoms with van der Waals surface area (Å²) in [4.78, 5) is 13.4. The Morgan fingerprint density at radius 3 is 2.56 bits per heavy atom. The van der Waals surface area contributed by atoms with Crippen LogP contribution in [0.4, 0.5) is 0 Å². The van der Waals surface area contributed by atoms with Gasteiger partial charge < -0.3 is 9.84 Å². The van der Waals surface area contributed by atoms with Crippen LogP contribution in [0.15, 0.2) is 0 Å². The molecule has 0 aromatic carbocycles. The van der Waals surface area contributed by atoms with Crippen molar-refractivity contribution in [1.82, 2.24) is 4.90 Å². The fraction of sp³-hybridized carbons (Fsp3) is 0.917. The molecule has 1 aliphatic rings. The highest BCUT2D eigenvalue weighted by molar-refractivity contribution is 5.78. The topological polar surface area (TPSA) is 49.8 Å². The second kappa shape index (κ2) is 5.15. The first kappa shape index (κ1) is 13.5. The van der Waals surface area contributed by atoms with Gasteiger partial charge in [-0.1, -0.05) is 0 Å². The molecule has 1 saturated carbocycles. The lowest BCUT2D eigenvalue weighted by Crippen LogP contribution is -2.55. The van der Waals surface area contributed by atoms with Crippen molar-refractivity contribution in [2.75, 3.05) is 20.8 Å². The molecule has 94 valence electrons. The number of likely N-dealkylation sites (N-methyl/N-ethyl adjacent to an activating group) is 1. The third kappa shape index (κ3) is 2.74. The van der Waals surface area contributed by atoms with Gasteiger partial charge in [-0.3, -0.25) is 9.69 Å². The monoisotopic (exact) mass is 229 g/mol. The molecule has 4 heteroatoms. The van der Waals surface area contributed by atoms with Crippen molar-refractivity contribution in [3.8, 4) is 0 Å². The smallest absolute Gasteiger partial charge is 0.323 e. The fourth-order valence-corrected chi connectivity index (χ4v) is 2.08. The van der Waals surface area contributed by atoms with Gasteiger partial charge in [0.15, 0.2) is 0 Å². The number of carboxylic acids is 1. The minimum absolute atomic E-state index is 0.331. The quantitative estimate of drug-likeness (QED) is 0.720. The normalized spacial score (nSPS) is 21.8. The molecule has 1 fully saturated rings. The predicted molar refractivity (Wildman–Crippen MR) is 62.5 cm³/mol. The molecular formula is C12H23NO3. The standard InChI is InChI=1S/C12H23NO3/c1-9(10-5-6-10)13(3)12(2,11(14)15)7-8-16-4/h9-10H,5-8H2,1-4H3,(H,14,15). The zero-order chi connectivity index (χ0) is 12.3. The first-order valence-electron chi connectivity index (χ1n) is 5.88. The number of nitrogens with zero attached hydrogens (tertiary/aromatic N) is 1. The number of carbonyl (C=O) groups is 1. The van der Waals surface area contributed by atoms with E-state index >= 15 is 0 Å². The average Bonchev–Trinajstić information content (AvgIpc) is 3.07. The average molecular weight is 229 g/mol. The van der Waals surface area contributed by atoms with Crippen LogP contribution in [0.1, 0.15) is 33.1 Å². The lowest BCUT2D eigenvalue weighted by Gasteiger charge is -2.39. The number of ether oxygens (including phenoxy) is 1. The first-order valence-corrected chi connectivity index (χ1v) is 5.88. The number of methoxy groups -OCH3 is 1. The Balaban J connectivity index is 2.69. The predicted octanol–water partition coefficient (Wildman–Crippen LogP) is 1.60. The molecule has 0 amide bonds. The van der Waals surface area contributed by atoms with Crippen molar-refractivity contribution in [3.05, 3.63) is 0 Å². The van der Waals surface area contributed by atoms with Crippen molar-refractivity contribution in [2.45, 2.75) is 44.7 Å². The maximum absolute atomic E-state index is 11.4. The molecule has 0 aliphatic heterocycles. The highest BCUT2D eigenvalue weighted by atomic mass is 16.5. The Kier molecular flexibility index (Phi) is 4.33. The number of rotatable bonds is 7. The van der Waals surface area contributed by atoms with Crippen LogP contribution >= 0.6 is 0 Å². The third-order valence-corrected chi connectivity index (χ3v) is 3.95. The van der Waals surface area contributed by atoms with Gasteiger partial charge in [0.1, 0.15) is 5.54 Å². The van der Waals surface area contributed by atoms with Crippen molar-refractivity contribution in [1.29, 1.82) is 0 Å². The second-order valence-electron chi connectivity index (χ2n) is 5.01. The summed E-state index contributed by atoms with van der Waals surface area (Å²) in [7, 11) is 3.51. The first-order chi connectivity index (χ1) is 7.43. The van der Waals surface area contributed by atoms with E-state index < -0.39 is 11.5 Å². The van der Waals surface area contributed by atoms with Gasteiger partial charge in [-0.05, 0) is 46.1 Å². The molecule has 2 atom stereocenters. The molecule has 2 unspecified atom stereocenters. The molecule has 0 aromatic rings. The Labute approximate surface area is 97.6 Å². The van der Waals surface area contributed by atoms with Crippen molar-refractivity contribution >= 4 is 5.97 Å². The number of aliphatic carboxylic acids is 1. The zero-order valence-corrected chi connectivity index (χ0v) is 10.7. The molecule has 1 rings (SSSR count). The lowest BCUT2D eigenvalue weighted by molar-refractivity contribution is -0.152. The van der Waals surface area contributed by atoms with E-state index in [0.717, 1.165) is 0 Å². The Morgan fingerprint density at radius 2 is 2.19 bits per heavy atom. The molecule has 16 heavy (non-hydrogen) atoms. The molecule has 1 N–H and O–H groups in total. The molecule has 4 nitrogen and oxygen atoms in total. The Hall–Kier alpha value is -0.610. The fourth-order valence-electron chi connectivity index (χ4n) is 2.08. The number of carboxylic acid groups (broad SMARTS) is 1. The van der Waals surface area contributed by atoms with E-state index in [1.54, 1.807) is 14.0 Å². The number of hydrogen-bond donors (Lipinski definition) is 1. The van der Waals surface area contributed by atoms with Crippen LogP contribution in [-0.2, 0) is 9.53 Å². The van der Waals surface area contributed by atoms with Gasteiger partial charge in [-0.25, -0.2) is 0 Å². The van der Waals surface area contributed by atoms with E-state index in [0.29, 0.717) is 25.0 Å². The molecule has 0 heterocycles. The molecule has 0 bridgehead atoms. The summed E-state index contributed by atoms with van der Waals surface area (Å²) in [5, 5.41) is 9.38. The molecule has 0 spiro atoms. The van der Waals surface area contributed by atoms with Crippen LogP contribution in [0, 0.1) is 5.92 Å². The van der Waals surface area contributed by atoms with Crippen LogP contribution in [0.3, 0.4) is 0 Å². The zero-order valence-electron chi connectivity index (χ0n) is 10.7. The molecule has 0 saturated heterocycles. The van der Waals surface area contributed by atoms with Crippen LogP contribution in [0.5, 0.6) is 0 Å². The minimum atomic E-state index is -0.821. The van der Waals surface area contributed by atoms with E-state index in [-0.39, 0.29) is 0 Å². The maximum Gasteiger partial charge on any atom is 0.323 e. The summed E-state index contributed by atoms with van der Waals surface area (Å²) in [5.74, 6) is -0.0919. The van der Waals surface area contributed by atoms with Gasteiger partial charge in [0.2, 0.25) is 0 Å². The van der Waals surface area contributed by atoms with Gasteiger partial charge in [-0.15, -0.1) is 0 Å². The summed E-state index contributed by atoms with van der Waals surface area (Å²) in [6, 6.07) is 0.331. The van der Waals surface area contributed by atoms with Gasteiger partial charge in [0.05, 0.1) is 0 Å². The van der Waals surface area contributed by atoms with E-state index in [1.165, 1.54) is 12.8 Å².